The molecule has 0 spiro atoms. The highest BCUT2D eigenvalue weighted by atomic mass is 16.5. The van der Waals surface area contributed by atoms with E-state index in [2.05, 4.69) is 29.2 Å². The zero-order chi connectivity index (χ0) is 18.4. The van der Waals surface area contributed by atoms with Gasteiger partial charge in [0.2, 0.25) is 0 Å². The lowest BCUT2D eigenvalue weighted by molar-refractivity contribution is -0.903. The maximum absolute atomic E-state index is 11.3. The first kappa shape index (κ1) is 18.4. The molecule has 2 aromatic carbocycles. The summed E-state index contributed by atoms with van der Waals surface area (Å²) >= 11 is 0. The number of quaternary nitrogens is 1. The Morgan fingerprint density at radius 1 is 1.12 bits per heavy atom. The normalized spacial score (nSPS) is 16.3. The number of carbonyl (C=O) groups excluding carboxylic acids is 1. The number of ketones is 1. The van der Waals surface area contributed by atoms with Crippen molar-refractivity contribution < 1.29 is 19.5 Å². The third kappa shape index (κ3) is 5.07. The van der Waals surface area contributed by atoms with Gasteiger partial charge in [-0.15, -0.1) is 0 Å². The van der Waals surface area contributed by atoms with Crippen molar-refractivity contribution in [3.05, 3.63) is 60.2 Å². The lowest BCUT2D eigenvalue weighted by Crippen LogP contribution is -3.16. The number of aliphatic hydroxyl groups excluding tert-OH is 1. The van der Waals surface area contributed by atoms with Gasteiger partial charge in [0.05, 0.1) is 26.2 Å². The van der Waals surface area contributed by atoms with Crippen LogP contribution in [-0.4, -0.2) is 56.3 Å². The highest BCUT2D eigenvalue weighted by Gasteiger charge is 2.22. The topological polar surface area (TPSA) is 54.2 Å². The van der Waals surface area contributed by atoms with Gasteiger partial charge in [-0.05, 0) is 43.3 Å². The van der Waals surface area contributed by atoms with E-state index in [1.165, 1.54) is 10.6 Å². The van der Waals surface area contributed by atoms with Gasteiger partial charge in [-0.1, -0.05) is 18.2 Å². The Kier molecular flexibility index (Phi) is 6.26. The van der Waals surface area contributed by atoms with E-state index < -0.39 is 6.10 Å². The average Bonchev–Trinajstić information content (AvgIpc) is 2.68. The predicted molar refractivity (Wildman–Crippen MR) is 102 cm³/mol. The van der Waals surface area contributed by atoms with Crippen molar-refractivity contribution in [1.29, 1.82) is 0 Å². The minimum absolute atomic E-state index is 0.0369. The number of para-hydroxylation sites is 1. The van der Waals surface area contributed by atoms with E-state index in [-0.39, 0.29) is 12.4 Å². The average molecular weight is 355 g/mol. The van der Waals surface area contributed by atoms with E-state index in [1.807, 2.05) is 6.07 Å². The molecule has 1 heterocycles. The van der Waals surface area contributed by atoms with Crippen molar-refractivity contribution in [2.24, 2.45) is 0 Å². The Hall–Kier alpha value is -2.37. The van der Waals surface area contributed by atoms with E-state index >= 15 is 0 Å². The first-order valence-electron chi connectivity index (χ1n) is 9.17. The van der Waals surface area contributed by atoms with E-state index in [0.717, 1.165) is 26.2 Å². The van der Waals surface area contributed by atoms with Crippen LogP contribution in [0.5, 0.6) is 5.75 Å². The van der Waals surface area contributed by atoms with Gasteiger partial charge in [-0.3, -0.25) is 4.79 Å². The smallest absolute Gasteiger partial charge is 0.159 e. The molecule has 0 aliphatic carbocycles. The number of aliphatic hydroxyl groups is 1. The second-order valence-corrected chi connectivity index (χ2v) is 6.82. The lowest BCUT2D eigenvalue weighted by Gasteiger charge is -2.34. The third-order valence-electron chi connectivity index (χ3n) is 4.82. The molecule has 0 aromatic heterocycles. The fraction of sp³-hybridized carbons (Fsp3) is 0.381. The van der Waals surface area contributed by atoms with Crippen molar-refractivity contribution in [1.82, 2.24) is 0 Å². The van der Waals surface area contributed by atoms with Crippen molar-refractivity contribution in [3.63, 3.8) is 0 Å². The van der Waals surface area contributed by atoms with Crippen molar-refractivity contribution in [2.75, 3.05) is 44.2 Å². The molecule has 0 amide bonds. The van der Waals surface area contributed by atoms with Gasteiger partial charge in [-0.2, -0.15) is 0 Å². The van der Waals surface area contributed by atoms with E-state index in [0.29, 0.717) is 17.9 Å². The molecule has 138 valence electrons. The molecule has 2 aromatic rings. The van der Waals surface area contributed by atoms with E-state index in [1.54, 1.807) is 31.2 Å². The summed E-state index contributed by atoms with van der Waals surface area (Å²) in [6.45, 7) is 6.52. The largest absolute Gasteiger partial charge is 0.491 e. The summed E-state index contributed by atoms with van der Waals surface area (Å²) in [5.74, 6) is 0.716. The number of Topliss-reactive ketones (excluding diaryl/α,β-unsaturated/α-hetero) is 1. The van der Waals surface area contributed by atoms with Crippen LogP contribution in [0.1, 0.15) is 17.3 Å². The maximum Gasteiger partial charge on any atom is 0.159 e. The Labute approximate surface area is 154 Å². The van der Waals surface area contributed by atoms with Crippen LogP contribution >= 0.6 is 0 Å². The van der Waals surface area contributed by atoms with Crippen LogP contribution in [0.25, 0.3) is 0 Å². The molecular weight excluding hydrogens is 328 g/mol. The van der Waals surface area contributed by atoms with Gasteiger partial charge >= 0.3 is 0 Å². The van der Waals surface area contributed by atoms with Crippen LogP contribution in [0.3, 0.4) is 0 Å². The first-order chi connectivity index (χ1) is 12.6. The molecule has 0 unspecified atom stereocenters. The number of hydrogen-bond acceptors (Lipinski definition) is 4. The molecule has 5 heteroatoms. The monoisotopic (exact) mass is 355 g/mol. The zero-order valence-corrected chi connectivity index (χ0v) is 15.2. The molecule has 1 fully saturated rings. The molecule has 5 nitrogen and oxygen atoms in total. The summed E-state index contributed by atoms with van der Waals surface area (Å²) in [5, 5.41) is 10.3. The zero-order valence-electron chi connectivity index (χ0n) is 15.2. The minimum atomic E-state index is -0.499. The standard InChI is InChI=1S/C21H26N2O3/c1-17(24)18-7-9-21(10-8-18)26-16-20(25)15-22-11-13-23(14-12-22)19-5-3-2-4-6-19/h2-10,20,25H,11-16H2,1H3/p+1/t20-/m1/s1. The first-order valence-corrected chi connectivity index (χ1v) is 9.17. The van der Waals surface area contributed by atoms with Crippen molar-refractivity contribution >= 4 is 11.5 Å². The SMILES string of the molecule is CC(=O)c1ccc(OC[C@H](O)C[NH+]2CCN(c3ccccc3)CC2)cc1. The number of ether oxygens (including phenoxy) is 1. The number of anilines is 1. The number of hydrogen-bond donors (Lipinski definition) is 2. The van der Waals surface area contributed by atoms with Crippen LogP contribution < -0.4 is 14.5 Å². The van der Waals surface area contributed by atoms with Gasteiger partial charge in [0.25, 0.3) is 0 Å². The number of rotatable bonds is 7. The Balaban J connectivity index is 1.40. The highest BCUT2D eigenvalue weighted by molar-refractivity contribution is 5.94. The summed E-state index contributed by atoms with van der Waals surface area (Å²) in [5.41, 5.74) is 1.93. The van der Waals surface area contributed by atoms with Crippen LogP contribution in [0.15, 0.2) is 54.6 Å². The molecular formula is C21H27N2O3+. The van der Waals surface area contributed by atoms with Gasteiger partial charge < -0.3 is 19.6 Å². The number of piperazine rings is 1. The molecule has 26 heavy (non-hydrogen) atoms. The molecule has 2 N–H and O–H groups in total. The third-order valence-corrected chi connectivity index (χ3v) is 4.82. The molecule has 0 radical (unpaired) electrons. The van der Waals surface area contributed by atoms with Crippen LogP contribution in [0, 0.1) is 0 Å². The van der Waals surface area contributed by atoms with Gasteiger partial charge in [0.15, 0.2) is 5.78 Å². The number of carbonyl (C=O) groups is 1. The van der Waals surface area contributed by atoms with Gasteiger partial charge in [-0.25, -0.2) is 0 Å². The fourth-order valence-electron chi connectivity index (χ4n) is 3.29. The molecule has 1 aliphatic rings. The van der Waals surface area contributed by atoms with E-state index in [9.17, 15) is 9.90 Å². The number of benzene rings is 2. The Morgan fingerprint density at radius 2 is 1.77 bits per heavy atom. The maximum atomic E-state index is 11.3. The number of nitrogens with zero attached hydrogens (tertiary/aromatic N) is 1. The molecule has 0 saturated carbocycles. The number of nitrogens with one attached hydrogen (secondary N) is 1. The van der Waals surface area contributed by atoms with E-state index in [4.69, 9.17) is 4.74 Å². The molecule has 0 bridgehead atoms. The molecule has 1 atom stereocenters. The Morgan fingerprint density at radius 3 is 2.38 bits per heavy atom. The van der Waals surface area contributed by atoms with Crippen molar-refractivity contribution in [3.8, 4) is 5.75 Å². The fourth-order valence-corrected chi connectivity index (χ4v) is 3.29. The Bertz CT molecular complexity index is 695. The summed E-state index contributed by atoms with van der Waals surface area (Å²) in [7, 11) is 0. The summed E-state index contributed by atoms with van der Waals surface area (Å²) in [6, 6.07) is 17.5. The minimum Gasteiger partial charge on any atom is -0.491 e. The molecule has 3 rings (SSSR count). The van der Waals surface area contributed by atoms with Gasteiger partial charge in [0, 0.05) is 11.3 Å². The predicted octanol–water partition coefficient (Wildman–Crippen LogP) is 1.03. The second kappa shape index (κ2) is 8.83. The lowest BCUT2D eigenvalue weighted by atomic mass is 10.1. The van der Waals surface area contributed by atoms with Crippen LogP contribution in [0.2, 0.25) is 0 Å². The second-order valence-electron chi connectivity index (χ2n) is 6.82. The van der Waals surface area contributed by atoms with Gasteiger partial charge in [0.1, 0.15) is 25.0 Å². The summed E-state index contributed by atoms with van der Waals surface area (Å²) in [4.78, 5) is 15.1. The summed E-state index contributed by atoms with van der Waals surface area (Å²) in [6.07, 6.45) is -0.499. The molecule has 1 saturated heterocycles. The van der Waals surface area contributed by atoms with Crippen LogP contribution in [0.4, 0.5) is 5.69 Å². The highest BCUT2D eigenvalue weighted by Crippen LogP contribution is 2.13. The van der Waals surface area contributed by atoms with Crippen molar-refractivity contribution in [2.45, 2.75) is 13.0 Å². The quantitative estimate of drug-likeness (QED) is 0.729. The molecule has 1 aliphatic heterocycles. The summed E-state index contributed by atoms with van der Waals surface area (Å²) < 4.78 is 5.65. The van der Waals surface area contributed by atoms with Crippen LogP contribution in [-0.2, 0) is 0 Å².